The molecule has 0 aliphatic heterocycles. The average Bonchev–Trinajstić information content (AvgIpc) is 3.00. The van der Waals surface area contributed by atoms with E-state index in [1.54, 1.807) is 0 Å². The van der Waals surface area contributed by atoms with Crippen molar-refractivity contribution in [2.45, 2.75) is 34.1 Å². The Kier molecular flexibility index (Phi) is 6.14. The molecule has 0 fully saturated rings. The molecular formula is C23H27N3O2. The first-order valence-electron chi connectivity index (χ1n) is 9.52. The molecule has 0 saturated carbocycles. The van der Waals surface area contributed by atoms with Gasteiger partial charge in [-0.3, -0.25) is 4.79 Å². The maximum absolute atomic E-state index is 12.1. The monoisotopic (exact) mass is 377 g/mol. The van der Waals surface area contributed by atoms with Crippen molar-refractivity contribution in [3.8, 4) is 11.4 Å². The number of carbonyl (C=O) groups excluding carboxylic acids is 1. The van der Waals surface area contributed by atoms with Gasteiger partial charge in [0.2, 0.25) is 0 Å². The molecule has 0 atom stereocenters. The molecular weight excluding hydrogens is 350 g/mol. The summed E-state index contributed by atoms with van der Waals surface area (Å²) < 4.78 is 7.62. The van der Waals surface area contributed by atoms with E-state index in [0.717, 1.165) is 40.4 Å². The molecule has 5 heteroatoms. The van der Waals surface area contributed by atoms with Crippen LogP contribution >= 0.6 is 0 Å². The second-order valence-electron chi connectivity index (χ2n) is 7.11. The summed E-state index contributed by atoms with van der Waals surface area (Å²) in [4.78, 5) is 12.1. The minimum atomic E-state index is -0.109. The van der Waals surface area contributed by atoms with Gasteiger partial charge in [0.05, 0.1) is 11.4 Å². The van der Waals surface area contributed by atoms with E-state index in [9.17, 15) is 4.79 Å². The van der Waals surface area contributed by atoms with Crippen molar-refractivity contribution in [2.24, 2.45) is 0 Å². The van der Waals surface area contributed by atoms with Crippen LogP contribution in [0.4, 0.5) is 0 Å². The van der Waals surface area contributed by atoms with E-state index in [2.05, 4.69) is 40.7 Å². The summed E-state index contributed by atoms with van der Waals surface area (Å²) in [6.45, 7) is 8.61. The molecule has 1 aromatic heterocycles. The van der Waals surface area contributed by atoms with E-state index < -0.39 is 0 Å². The fraction of sp³-hybridized carbons (Fsp3) is 0.304. The second-order valence-corrected chi connectivity index (χ2v) is 7.11. The topological polar surface area (TPSA) is 56.2 Å². The quantitative estimate of drug-likeness (QED) is 0.681. The highest BCUT2D eigenvalue weighted by molar-refractivity contribution is 5.77. The smallest absolute Gasteiger partial charge is 0.257 e. The number of benzene rings is 2. The number of ether oxygens (including phenoxy) is 1. The number of amides is 1. The first kappa shape index (κ1) is 19.7. The summed E-state index contributed by atoms with van der Waals surface area (Å²) in [7, 11) is 0. The predicted octanol–water partition coefficient (Wildman–Crippen LogP) is 3.84. The second kappa shape index (κ2) is 8.74. The van der Waals surface area contributed by atoms with Gasteiger partial charge in [-0.15, -0.1) is 0 Å². The molecule has 0 aliphatic carbocycles. The van der Waals surface area contributed by atoms with Gasteiger partial charge in [0.15, 0.2) is 6.61 Å². The maximum Gasteiger partial charge on any atom is 0.257 e. The Morgan fingerprint density at radius 2 is 1.71 bits per heavy atom. The van der Waals surface area contributed by atoms with E-state index in [-0.39, 0.29) is 12.5 Å². The molecule has 3 rings (SSSR count). The summed E-state index contributed by atoms with van der Waals surface area (Å²) in [5, 5.41) is 7.42. The average molecular weight is 377 g/mol. The summed E-state index contributed by atoms with van der Waals surface area (Å²) in [5.41, 5.74) is 6.40. The Bertz CT molecular complexity index is 938. The highest BCUT2D eigenvalue weighted by Crippen LogP contribution is 2.22. The van der Waals surface area contributed by atoms with E-state index in [1.807, 2.05) is 50.6 Å². The number of rotatable bonds is 7. The number of aromatic nitrogens is 2. The van der Waals surface area contributed by atoms with Gasteiger partial charge in [0, 0.05) is 12.2 Å². The first-order chi connectivity index (χ1) is 13.4. The SMILES string of the molecule is Cc1cc(C)n(-c2ccc(CCNC(=O)COc3c(C)cccc3C)cc2)n1. The highest BCUT2D eigenvalue weighted by Gasteiger charge is 2.07. The van der Waals surface area contributed by atoms with Crippen molar-refractivity contribution in [3.05, 3.63) is 76.6 Å². The number of nitrogens with one attached hydrogen (secondary N) is 1. The van der Waals surface area contributed by atoms with E-state index in [1.165, 1.54) is 5.56 Å². The Hall–Kier alpha value is -3.08. The normalized spacial score (nSPS) is 10.7. The Balaban J connectivity index is 1.47. The number of hydrogen-bond acceptors (Lipinski definition) is 3. The maximum atomic E-state index is 12.1. The molecule has 0 aliphatic rings. The summed E-state index contributed by atoms with van der Waals surface area (Å²) >= 11 is 0. The van der Waals surface area contributed by atoms with Crippen LogP contribution in [-0.2, 0) is 11.2 Å². The molecule has 3 aromatic rings. The van der Waals surface area contributed by atoms with Gasteiger partial charge in [-0.25, -0.2) is 4.68 Å². The molecule has 5 nitrogen and oxygen atoms in total. The lowest BCUT2D eigenvalue weighted by molar-refractivity contribution is -0.123. The van der Waals surface area contributed by atoms with E-state index in [0.29, 0.717) is 6.54 Å². The standard InChI is InChI=1S/C23H27N3O2/c1-16-6-5-7-17(2)23(16)28-15-22(27)24-13-12-20-8-10-21(11-9-20)26-19(4)14-18(3)25-26/h5-11,14H,12-13,15H2,1-4H3,(H,24,27). The Morgan fingerprint density at radius 1 is 1.04 bits per heavy atom. The minimum Gasteiger partial charge on any atom is -0.483 e. The minimum absolute atomic E-state index is 0.0303. The summed E-state index contributed by atoms with van der Waals surface area (Å²) in [6, 6.07) is 16.3. The molecule has 1 amide bonds. The molecule has 28 heavy (non-hydrogen) atoms. The van der Waals surface area contributed by atoms with E-state index in [4.69, 9.17) is 4.74 Å². The molecule has 0 bridgehead atoms. The molecule has 1 N–H and O–H groups in total. The zero-order valence-electron chi connectivity index (χ0n) is 17.0. The van der Waals surface area contributed by atoms with Crippen LogP contribution in [0.5, 0.6) is 5.75 Å². The van der Waals surface area contributed by atoms with Gasteiger partial charge in [0.25, 0.3) is 5.91 Å². The molecule has 0 radical (unpaired) electrons. The summed E-state index contributed by atoms with van der Waals surface area (Å²) in [6.07, 6.45) is 0.770. The van der Waals surface area contributed by atoms with Gasteiger partial charge in [-0.05, 0) is 69.0 Å². The molecule has 0 saturated heterocycles. The largest absolute Gasteiger partial charge is 0.483 e. The van der Waals surface area contributed by atoms with Crippen LogP contribution in [0.3, 0.4) is 0 Å². The van der Waals surface area contributed by atoms with E-state index >= 15 is 0 Å². The highest BCUT2D eigenvalue weighted by atomic mass is 16.5. The fourth-order valence-electron chi connectivity index (χ4n) is 3.26. The lowest BCUT2D eigenvalue weighted by atomic mass is 10.1. The van der Waals surface area contributed by atoms with Crippen LogP contribution in [0, 0.1) is 27.7 Å². The van der Waals surface area contributed by atoms with Crippen molar-refractivity contribution in [3.63, 3.8) is 0 Å². The zero-order chi connectivity index (χ0) is 20.1. The van der Waals surface area contributed by atoms with Crippen LogP contribution in [0.2, 0.25) is 0 Å². The Morgan fingerprint density at radius 3 is 2.32 bits per heavy atom. The molecule has 0 unspecified atom stereocenters. The first-order valence-corrected chi connectivity index (χ1v) is 9.52. The van der Waals surface area contributed by atoms with Gasteiger partial charge in [0.1, 0.15) is 5.75 Å². The predicted molar refractivity (Wildman–Crippen MR) is 111 cm³/mol. The number of nitrogens with zero attached hydrogens (tertiary/aromatic N) is 2. The third-order valence-electron chi connectivity index (χ3n) is 4.68. The molecule has 0 spiro atoms. The van der Waals surface area contributed by atoms with Crippen molar-refractivity contribution >= 4 is 5.91 Å². The number of para-hydroxylation sites is 1. The fourth-order valence-corrected chi connectivity index (χ4v) is 3.26. The lowest BCUT2D eigenvalue weighted by Gasteiger charge is -2.12. The van der Waals surface area contributed by atoms with Crippen LogP contribution in [0.1, 0.15) is 28.1 Å². The van der Waals surface area contributed by atoms with Crippen molar-refractivity contribution < 1.29 is 9.53 Å². The third kappa shape index (κ3) is 4.80. The summed E-state index contributed by atoms with van der Waals surface area (Å²) in [5.74, 6) is 0.680. The molecule has 1 heterocycles. The Labute approximate surface area is 166 Å². The van der Waals surface area contributed by atoms with Crippen molar-refractivity contribution in [2.75, 3.05) is 13.2 Å². The van der Waals surface area contributed by atoms with Gasteiger partial charge in [-0.2, -0.15) is 5.10 Å². The van der Waals surface area contributed by atoms with Crippen LogP contribution in [0.25, 0.3) is 5.69 Å². The van der Waals surface area contributed by atoms with Gasteiger partial charge in [-0.1, -0.05) is 30.3 Å². The van der Waals surface area contributed by atoms with Crippen molar-refractivity contribution in [1.82, 2.24) is 15.1 Å². The molecule has 146 valence electrons. The van der Waals surface area contributed by atoms with Gasteiger partial charge >= 0.3 is 0 Å². The van der Waals surface area contributed by atoms with Crippen molar-refractivity contribution in [1.29, 1.82) is 0 Å². The number of carbonyl (C=O) groups is 1. The lowest BCUT2D eigenvalue weighted by Crippen LogP contribution is -2.30. The number of hydrogen-bond donors (Lipinski definition) is 1. The third-order valence-corrected chi connectivity index (χ3v) is 4.68. The zero-order valence-corrected chi connectivity index (χ0v) is 17.0. The van der Waals surface area contributed by atoms with Crippen LogP contribution in [0.15, 0.2) is 48.5 Å². The molecule has 2 aromatic carbocycles. The van der Waals surface area contributed by atoms with Crippen LogP contribution in [-0.4, -0.2) is 28.8 Å². The van der Waals surface area contributed by atoms with Gasteiger partial charge < -0.3 is 10.1 Å². The van der Waals surface area contributed by atoms with Crippen LogP contribution < -0.4 is 10.1 Å². The number of aryl methyl sites for hydroxylation is 4.